The van der Waals surface area contributed by atoms with Crippen LogP contribution in [0.25, 0.3) is 0 Å². The third-order valence-electron chi connectivity index (χ3n) is 8.38. The first-order chi connectivity index (χ1) is 23.6. The number of unbranched alkanes of at least 4 members (excludes halogenated alkanes) is 17. The quantitative estimate of drug-likeness (QED) is 0.0376. The normalized spacial score (nSPS) is 12.6. The number of allylic oxidation sites excluding steroid dienone is 8. The van der Waals surface area contributed by atoms with Gasteiger partial charge in [-0.1, -0.05) is 166 Å². The number of hydrogen-bond acceptors (Lipinski definition) is 5. The number of rotatable bonds is 36. The fraction of sp³-hybridized carbons (Fsp3) is 0.767. The van der Waals surface area contributed by atoms with E-state index < -0.39 is 6.10 Å². The van der Waals surface area contributed by atoms with Crippen molar-refractivity contribution >= 4 is 11.9 Å². The van der Waals surface area contributed by atoms with E-state index in [0.29, 0.717) is 19.4 Å². The van der Waals surface area contributed by atoms with Crippen LogP contribution >= 0.6 is 0 Å². The predicted molar refractivity (Wildman–Crippen MR) is 205 cm³/mol. The van der Waals surface area contributed by atoms with E-state index in [0.717, 1.165) is 77.0 Å². The average molecular weight is 673 g/mol. The van der Waals surface area contributed by atoms with Gasteiger partial charge < -0.3 is 14.2 Å². The second-order valence-electron chi connectivity index (χ2n) is 13.2. The molecule has 1 unspecified atom stereocenters. The van der Waals surface area contributed by atoms with Crippen LogP contribution in [0.15, 0.2) is 48.6 Å². The number of esters is 2. The van der Waals surface area contributed by atoms with Crippen molar-refractivity contribution in [2.75, 3.05) is 19.8 Å². The molecule has 0 saturated carbocycles. The molecule has 5 heteroatoms. The molecule has 0 aromatic heterocycles. The molecule has 48 heavy (non-hydrogen) atoms. The van der Waals surface area contributed by atoms with Gasteiger partial charge in [-0.25, -0.2) is 0 Å². The SMILES string of the molecule is CC/C=C\C/C=C\C/C=C\C/C=C\CCCCCCCCC(=O)OCC(COCCCCCCCC)OC(=O)CCCCCCCCC. The Balaban J connectivity index is 4.07. The summed E-state index contributed by atoms with van der Waals surface area (Å²) in [5.41, 5.74) is 0. The molecule has 0 saturated heterocycles. The van der Waals surface area contributed by atoms with Crippen LogP contribution in [0.5, 0.6) is 0 Å². The Morgan fingerprint density at radius 2 is 0.938 bits per heavy atom. The number of carbonyl (C=O) groups excluding carboxylic acids is 2. The summed E-state index contributed by atoms with van der Waals surface area (Å²) in [6, 6.07) is 0. The van der Waals surface area contributed by atoms with Crippen LogP contribution in [0.2, 0.25) is 0 Å². The first-order valence-corrected chi connectivity index (χ1v) is 20.2. The van der Waals surface area contributed by atoms with Gasteiger partial charge in [-0.3, -0.25) is 9.59 Å². The molecule has 0 amide bonds. The van der Waals surface area contributed by atoms with E-state index in [1.54, 1.807) is 0 Å². The Hall–Kier alpha value is -2.14. The lowest BCUT2D eigenvalue weighted by Crippen LogP contribution is -2.30. The lowest BCUT2D eigenvalue weighted by molar-refractivity contribution is -0.163. The van der Waals surface area contributed by atoms with Crippen molar-refractivity contribution in [1.29, 1.82) is 0 Å². The predicted octanol–water partition coefficient (Wildman–Crippen LogP) is 12.9. The van der Waals surface area contributed by atoms with Crippen LogP contribution in [-0.2, 0) is 23.8 Å². The molecule has 0 heterocycles. The lowest BCUT2D eigenvalue weighted by Gasteiger charge is -2.18. The highest BCUT2D eigenvalue weighted by molar-refractivity contribution is 5.70. The van der Waals surface area contributed by atoms with Crippen molar-refractivity contribution in [2.45, 2.75) is 194 Å². The summed E-state index contributed by atoms with van der Waals surface area (Å²) in [7, 11) is 0. The number of carbonyl (C=O) groups is 2. The lowest BCUT2D eigenvalue weighted by atomic mass is 10.1. The van der Waals surface area contributed by atoms with Crippen molar-refractivity contribution in [3.63, 3.8) is 0 Å². The molecular weight excluding hydrogens is 596 g/mol. The first kappa shape index (κ1) is 45.9. The molecular formula is C43H76O5. The average Bonchev–Trinajstić information content (AvgIpc) is 3.08. The highest BCUT2D eigenvalue weighted by Gasteiger charge is 2.17. The minimum atomic E-state index is -0.531. The van der Waals surface area contributed by atoms with Gasteiger partial charge >= 0.3 is 11.9 Å². The molecule has 278 valence electrons. The van der Waals surface area contributed by atoms with Gasteiger partial charge in [0.1, 0.15) is 6.61 Å². The van der Waals surface area contributed by atoms with Crippen molar-refractivity contribution in [1.82, 2.24) is 0 Å². The van der Waals surface area contributed by atoms with E-state index in [4.69, 9.17) is 14.2 Å². The van der Waals surface area contributed by atoms with Crippen molar-refractivity contribution < 1.29 is 23.8 Å². The van der Waals surface area contributed by atoms with Gasteiger partial charge in [-0.2, -0.15) is 0 Å². The van der Waals surface area contributed by atoms with E-state index in [1.807, 2.05) is 0 Å². The number of hydrogen-bond donors (Lipinski definition) is 0. The van der Waals surface area contributed by atoms with E-state index >= 15 is 0 Å². The van der Waals surface area contributed by atoms with Gasteiger partial charge in [0.25, 0.3) is 0 Å². The summed E-state index contributed by atoms with van der Waals surface area (Å²) >= 11 is 0. The Labute approximate surface area is 297 Å². The monoisotopic (exact) mass is 673 g/mol. The molecule has 0 bridgehead atoms. The smallest absolute Gasteiger partial charge is 0.306 e. The van der Waals surface area contributed by atoms with Gasteiger partial charge in [-0.15, -0.1) is 0 Å². The van der Waals surface area contributed by atoms with Gasteiger partial charge in [0.05, 0.1) is 6.61 Å². The summed E-state index contributed by atoms with van der Waals surface area (Å²) in [6.07, 6.45) is 45.5. The van der Waals surface area contributed by atoms with Gasteiger partial charge in [-0.05, 0) is 57.8 Å². The van der Waals surface area contributed by atoms with E-state index in [1.165, 1.54) is 77.0 Å². The van der Waals surface area contributed by atoms with Gasteiger partial charge in [0.15, 0.2) is 6.10 Å². The fourth-order valence-electron chi connectivity index (χ4n) is 5.38. The molecule has 1 atom stereocenters. The van der Waals surface area contributed by atoms with Crippen LogP contribution in [-0.4, -0.2) is 37.9 Å². The van der Waals surface area contributed by atoms with Crippen LogP contribution in [0.3, 0.4) is 0 Å². The maximum atomic E-state index is 12.5. The van der Waals surface area contributed by atoms with Crippen LogP contribution in [0.1, 0.15) is 188 Å². The molecule has 0 aliphatic rings. The summed E-state index contributed by atoms with van der Waals surface area (Å²) < 4.78 is 17.1. The third-order valence-corrected chi connectivity index (χ3v) is 8.38. The molecule has 0 aliphatic carbocycles. The van der Waals surface area contributed by atoms with E-state index in [-0.39, 0.29) is 25.2 Å². The van der Waals surface area contributed by atoms with Crippen LogP contribution in [0, 0.1) is 0 Å². The molecule has 0 aromatic rings. The molecule has 5 nitrogen and oxygen atoms in total. The fourth-order valence-corrected chi connectivity index (χ4v) is 5.38. The van der Waals surface area contributed by atoms with E-state index in [2.05, 4.69) is 69.4 Å². The minimum absolute atomic E-state index is 0.0788. The van der Waals surface area contributed by atoms with Crippen LogP contribution < -0.4 is 0 Å². The maximum Gasteiger partial charge on any atom is 0.306 e. The summed E-state index contributed by atoms with van der Waals surface area (Å²) in [4.78, 5) is 24.9. The molecule has 0 rings (SSSR count). The Morgan fingerprint density at radius 1 is 0.479 bits per heavy atom. The van der Waals surface area contributed by atoms with Crippen LogP contribution in [0.4, 0.5) is 0 Å². The largest absolute Gasteiger partial charge is 0.462 e. The van der Waals surface area contributed by atoms with Gasteiger partial charge in [0, 0.05) is 19.4 Å². The second-order valence-corrected chi connectivity index (χ2v) is 13.2. The van der Waals surface area contributed by atoms with Crippen molar-refractivity contribution in [2.24, 2.45) is 0 Å². The van der Waals surface area contributed by atoms with Crippen molar-refractivity contribution in [3.05, 3.63) is 48.6 Å². The van der Waals surface area contributed by atoms with E-state index in [9.17, 15) is 9.59 Å². The number of ether oxygens (including phenoxy) is 3. The minimum Gasteiger partial charge on any atom is -0.462 e. The summed E-state index contributed by atoms with van der Waals surface area (Å²) in [5.74, 6) is -0.423. The zero-order valence-corrected chi connectivity index (χ0v) is 31.7. The molecule has 0 spiro atoms. The zero-order valence-electron chi connectivity index (χ0n) is 31.7. The molecule has 0 aliphatic heterocycles. The maximum absolute atomic E-state index is 12.5. The third kappa shape index (κ3) is 36.7. The Bertz CT molecular complexity index is 812. The zero-order chi connectivity index (χ0) is 35.0. The summed E-state index contributed by atoms with van der Waals surface area (Å²) in [5, 5.41) is 0. The molecule has 0 N–H and O–H groups in total. The standard InChI is InChI=1S/C43H76O5/c1-4-7-10-13-16-17-18-19-20-21-22-23-24-25-26-27-29-30-33-36-42(44)47-40-41(39-46-38-35-32-15-12-9-6-3)48-43(45)37-34-31-28-14-11-8-5-2/h7,10,16-17,19-20,22-23,41H,4-6,8-9,11-15,18,21,24-40H2,1-3H3/b10-7-,17-16-,20-19-,23-22-. The molecule has 0 fully saturated rings. The highest BCUT2D eigenvalue weighted by atomic mass is 16.6. The first-order valence-electron chi connectivity index (χ1n) is 20.2. The Morgan fingerprint density at radius 3 is 1.50 bits per heavy atom. The summed E-state index contributed by atoms with van der Waals surface area (Å²) in [6.45, 7) is 7.62. The Kier molecular flexibility index (Phi) is 37.5. The van der Waals surface area contributed by atoms with Crippen molar-refractivity contribution in [3.8, 4) is 0 Å². The topological polar surface area (TPSA) is 61.8 Å². The van der Waals surface area contributed by atoms with Gasteiger partial charge in [0.2, 0.25) is 0 Å². The molecule has 0 radical (unpaired) electrons. The molecule has 0 aromatic carbocycles. The highest BCUT2D eigenvalue weighted by Crippen LogP contribution is 2.12. The second kappa shape index (κ2) is 39.3.